The molecule has 0 aromatic heterocycles. The number of nitrogens with one attached hydrogen (secondary N) is 7. The molecule has 6 atom stereocenters. The molecule has 0 spiro atoms. The average molecular weight is 1130 g/mol. The zero-order valence-electron chi connectivity index (χ0n) is 48.9. The second-order valence-electron chi connectivity index (χ2n) is 24.2. The number of carbonyl (C=O) groups excluding carboxylic acids is 11. The molecule has 0 saturated carbocycles. The van der Waals surface area contributed by atoms with E-state index in [9.17, 15) is 65.9 Å². The molecule has 1 rings (SSSR count). The summed E-state index contributed by atoms with van der Waals surface area (Å²) in [6.07, 6.45) is -9.86. The van der Waals surface area contributed by atoms with Gasteiger partial charge in [0.1, 0.15) is 53.1 Å². The van der Waals surface area contributed by atoms with E-state index in [1.54, 1.807) is 128 Å². The van der Waals surface area contributed by atoms with Gasteiger partial charge in [0, 0.05) is 25.3 Å². The number of hydrogen-bond donors (Lipinski definition) is 7. The van der Waals surface area contributed by atoms with Gasteiger partial charge in [0.2, 0.25) is 41.2 Å². The van der Waals surface area contributed by atoms with Gasteiger partial charge in [0.25, 0.3) is 5.91 Å². The van der Waals surface area contributed by atoms with Gasteiger partial charge in [0.05, 0.1) is 19.3 Å². The number of benzene rings is 1. The van der Waals surface area contributed by atoms with Crippen LogP contribution in [0, 0.1) is 18.3 Å². The molecular formula is C55H86F3N7O14. The molecule has 446 valence electrons. The molecule has 7 N–H and O–H groups in total. The smallest absolute Gasteiger partial charge is 0.391 e. The van der Waals surface area contributed by atoms with E-state index >= 15 is 0 Å². The van der Waals surface area contributed by atoms with Gasteiger partial charge < -0.3 is 51.4 Å². The Bertz CT molecular complexity index is 2330. The Kier molecular flexibility index (Phi) is 26.8. The van der Waals surface area contributed by atoms with Crippen molar-refractivity contribution in [3.63, 3.8) is 0 Å². The number of ketones is 1. The van der Waals surface area contributed by atoms with Gasteiger partial charge >= 0.3 is 24.1 Å². The Morgan fingerprint density at radius 2 is 0.962 bits per heavy atom. The third-order valence-electron chi connectivity index (χ3n) is 10.9. The second-order valence-corrected chi connectivity index (χ2v) is 24.2. The Morgan fingerprint density at radius 3 is 1.46 bits per heavy atom. The first-order chi connectivity index (χ1) is 35.9. The monoisotopic (exact) mass is 1130 g/mol. The maximum Gasteiger partial charge on any atom is 0.391 e. The van der Waals surface area contributed by atoms with Crippen LogP contribution in [0.4, 0.5) is 13.2 Å². The van der Waals surface area contributed by atoms with E-state index < -0.39 is 174 Å². The number of aryl methyl sites for hydroxylation is 1. The number of carbonyl (C=O) groups is 11. The van der Waals surface area contributed by atoms with E-state index in [1.165, 1.54) is 13.8 Å². The lowest BCUT2D eigenvalue weighted by atomic mass is 9.85. The summed E-state index contributed by atoms with van der Waals surface area (Å²) in [6.45, 7) is 27.1. The first kappa shape index (κ1) is 70.4. The Morgan fingerprint density at radius 1 is 0.506 bits per heavy atom. The van der Waals surface area contributed by atoms with Crippen LogP contribution in [0.2, 0.25) is 0 Å². The summed E-state index contributed by atoms with van der Waals surface area (Å²) in [7, 11) is 0. The summed E-state index contributed by atoms with van der Waals surface area (Å²) in [4.78, 5) is 149. The van der Waals surface area contributed by atoms with Crippen LogP contribution in [0.15, 0.2) is 24.3 Å². The Balaban J connectivity index is 3.84. The minimum absolute atomic E-state index is 0.176. The van der Waals surface area contributed by atoms with Crippen molar-refractivity contribution in [1.82, 2.24) is 37.2 Å². The SMILES string of the molecule is Cc1ccccc1C[C@H](NC(=O)[C@H](CCC(=O)OC(C)(C)C)NC(=O)[C@H](CC(=O)OC(C)(C)C)NC(=O)CCC(=O)OC(C)(C)C)C(=O)N[C@H](C(=O)N[C@@H](CC(C)C)C(=O)NC(CC(F)(F)F)C(=O)C(=O)NC(C)C)C(C)(C)C. The largest absolute Gasteiger partial charge is 0.460 e. The van der Waals surface area contributed by atoms with Crippen molar-refractivity contribution in [2.45, 2.75) is 234 Å². The lowest BCUT2D eigenvalue weighted by Crippen LogP contribution is -2.62. The summed E-state index contributed by atoms with van der Waals surface area (Å²) in [5.74, 6) is -11.9. The zero-order chi connectivity index (χ0) is 61.2. The topological polar surface area (TPSA) is 300 Å². The molecule has 0 bridgehead atoms. The molecule has 0 fully saturated rings. The molecule has 1 unspecified atom stereocenters. The van der Waals surface area contributed by atoms with Crippen LogP contribution in [-0.4, -0.2) is 130 Å². The molecule has 1 aromatic rings. The summed E-state index contributed by atoms with van der Waals surface area (Å²) in [6, 6.07) is -4.30. The first-order valence-corrected chi connectivity index (χ1v) is 26.3. The van der Waals surface area contributed by atoms with E-state index in [0.717, 1.165) is 0 Å². The number of amides is 7. The summed E-state index contributed by atoms with van der Waals surface area (Å²) < 4.78 is 57.4. The molecule has 0 aliphatic carbocycles. The van der Waals surface area contributed by atoms with Crippen LogP contribution in [0.25, 0.3) is 0 Å². The highest BCUT2D eigenvalue weighted by Crippen LogP contribution is 2.24. The fraction of sp³-hybridized carbons (Fsp3) is 0.691. The van der Waals surface area contributed by atoms with Crippen LogP contribution in [0.3, 0.4) is 0 Å². The van der Waals surface area contributed by atoms with Gasteiger partial charge in [-0.1, -0.05) is 58.9 Å². The fourth-order valence-electron chi connectivity index (χ4n) is 7.45. The third-order valence-corrected chi connectivity index (χ3v) is 10.9. The molecule has 0 aliphatic heterocycles. The minimum Gasteiger partial charge on any atom is -0.460 e. The zero-order valence-corrected chi connectivity index (χ0v) is 48.9. The first-order valence-electron chi connectivity index (χ1n) is 26.3. The lowest BCUT2D eigenvalue weighted by molar-refractivity contribution is -0.158. The van der Waals surface area contributed by atoms with Crippen LogP contribution >= 0.6 is 0 Å². The highest BCUT2D eigenvalue weighted by Gasteiger charge is 2.42. The maximum absolute atomic E-state index is 14.7. The number of alkyl halides is 3. The predicted octanol–water partition coefficient (Wildman–Crippen LogP) is 4.56. The fourth-order valence-corrected chi connectivity index (χ4v) is 7.45. The van der Waals surface area contributed by atoms with Crippen LogP contribution in [0.1, 0.15) is 167 Å². The molecule has 0 heterocycles. The molecule has 24 heteroatoms. The van der Waals surface area contributed by atoms with Gasteiger partial charge in [-0.05, 0) is 118 Å². The van der Waals surface area contributed by atoms with Crippen molar-refractivity contribution in [3.05, 3.63) is 35.4 Å². The van der Waals surface area contributed by atoms with Gasteiger partial charge in [-0.2, -0.15) is 13.2 Å². The normalized spacial score (nSPS) is 14.5. The standard InChI is InChI=1S/C55H86F3N7O14/c1-30(2)26-35(46(72)64-38(29-55(56,57)58)43(70)49(75)59-31(3)4)63-50(76)44(51(6,7)8)65-48(74)36(27-33-21-19-18-20-32(33)5)62-45(71)34(22-24-40(67)77-52(9,10)11)61-47(73)37(28-42(69)79-54(15,16)17)60-39(66)23-25-41(68)78-53(12,13)14/h18-21,30-31,34-38,44H,22-29H2,1-17H3,(H,59,75)(H,60,66)(H,61,73)(H,62,71)(H,63,76)(H,64,72)(H,65,74)/t34-,35-,36-,37-,38?,44+/m0/s1. The number of rotatable bonds is 27. The van der Waals surface area contributed by atoms with E-state index in [1.807, 2.05) is 5.32 Å². The van der Waals surface area contributed by atoms with Gasteiger partial charge in [0.15, 0.2) is 0 Å². The molecule has 0 radical (unpaired) electrons. The van der Waals surface area contributed by atoms with Crippen molar-refractivity contribution < 1.29 is 80.1 Å². The third kappa shape index (κ3) is 29.3. The average Bonchev–Trinajstić information content (AvgIpc) is 3.25. The number of esters is 3. The molecule has 21 nitrogen and oxygen atoms in total. The number of ether oxygens (including phenoxy) is 3. The number of Topliss-reactive ketones (excluding diaryl/α,β-unsaturated/α-hetero) is 1. The van der Waals surface area contributed by atoms with Crippen molar-refractivity contribution in [2.24, 2.45) is 11.3 Å². The van der Waals surface area contributed by atoms with Crippen molar-refractivity contribution >= 4 is 65.0 Å². The molecule has 1 aromatic carbocycles. The number of halogens is 3. The Hall–Kier alpha value is -6.62. The number of hydrogen-bond acceptors (Lipinski definition) is 14. The van der Waals surface area contributed by atoms with Crippen LogP contribution in [0.5, 0.6) is 0 Å². The van der Waals surface area contributed by atoms with E-state index in [4.69, 9.17) is 14.2 Å². The summed E-state index contributed by atoms with van der Waals surface area (Å²) in [5.41, 5.74) is -2.84. The summed E-state index contributed by atoms with van der Waals surface area (Å²) >= 11 is 0. The molecule has 0 aliphatic rings. The van der Waals surface area contributed by atoms with Gasteiger partial charge in [-0.15, -0.1) is 0 Å². The van der Waals surface area contributed by atoms with Crippen molar-refractivity contribution in [1.29, 1.82) is 0 Å². The Labute approximate surface area is 462 Å². The minimum atomic E-state index is -5.01. The second kappa shape index (κ2) is 30.1. The van der Waals surface area contributed by atoms with Crippen LogP contribution < -0.4 is 37.2 Å². The van der Waals surface area contributed by atoms with Gasteiger partial charge in [-0.3, -0.25) is 52.7 Å². The molecule has 7 amide bonds. The highest BCUT2D eigenvalue weighted by molar-refractivity contribution is 6.38. The van der Waals surface area contributed by atoms with E-state index in [2.05, 4.69) is 31.9 Å². The van der Waals surface area contributed by atoms with Gasteiger partial charge in [-0.25, -0.2) is 0 Å². The van der Waals surface area contributed by atoms with E-state index in [-0.39, 0.29) is 18.8 Å². The lowest BCUT2D eigenvalue weighted by Gasteiger charge is -2.34. The maximum atomic E-state index is 14.7. The highest BCUT2D eigenvalue weighted by atomic mass is 19.4. The van der Waals surface area contributed by atoms with Crippen LogP contribution in [-0.2, 0) is 73.4 Å². The quantitative estimate of drug-likeness (QED) is 0.0361. The van der Waals surface area contributed by atoms with Crippen molar-refractivity contribution in [2.75, 3.05) is 0 Å². The molecule has 0 saturated heterocycles. The summed E-state index contributed by atoms with van der Waals surface area (Å²) in [5, 5.41) is 16.9. The predicted molar refractivity (Wildman–Crippen MR) is 285 cm³/mol. The molecular weight excluding hydrogens is 1040 g/mol. The van der Waals surface area contributed by atoms with E-state index in [0.29, 0.717) is 11.1 Å². The van der Waals surface area contributed by atoms with Crippen molar-refractivity contribution in [3.8, 4) is 0 Å². The molecule has 79 heavy (non-hydrogen) atoms.